The summed E-state index contributed by atoms with van der Waals surface area (Å²) in [6, 6.07) is 8.40. The van der Waals surface area contributed by atoms with E-state index in [0.717, 1.165) is 31.4 Å². The SMILES string of the molecule is O=C1CCCCC(c2ccc(OC3CC3)cc2)C1. The molecule has 2 aliphatic rings. The van der Waals surface area contributed by atoms with E-state index in [0.29, 0.717) is 17.8 Å². The summed E-state index contributed by atoms with van der Waals surface area (Å²) in [5.41, 5.74) is 1.30. The van der Waals surface area contributed by atoms with Gasteiger partial charge in [-0.1, -0.05) is 18.6 Å². The minimum absolute atomic E-state index is 0.426. The van der Waals surface area contributed by atoms with Crippen molar-refractivity contribution in [3.63, 3.8) is 0 Å². The molecule has 0 spiro atoms. The number of Topliss-reactive ketones (excluding diaryl/α,β-unsaturated/α-hetero) is 1. The third-order valence-corrected chi connectivity index (χ3v) is 3.91. The van der Waals surface area contributed by atoms with Crippen molar-refractivity contribution < 1.29 is 9.53 Å². The monoisotopic (exact) mass is 244 g/mol. The fraction of sp³-hybridized carbons (Fsp3) is 0.562. The van der Waals surface area contributed by atoms with Crippen LogP contribution >= 0.6 is 0 Å². The Morgan fingerprint density at radius 2 is 1.78 bits per heavy atom. The van der Waals surface area contributed by atoms with Gasteiger partial charge in [-0.25, -0.2) is 0 Å². The molecule has 0 amide bonds. The molecule has 1 aromatic carbocycles. The molecule has 2 nitrogen and oxygen atoms in total. The predicted molar refractivity (Wildman–Crippen MR) is 70.9 cm³/mol. The summed E-state index contributed by atoms with van der Waals surface area (Å²) in [6.45, 7) is 0. The van der Waals surface area contributed by atoms with Gasteiger partial charge in [-0.05, 0) is 49.3 Å². The molecule has 0 heterocycles. The van der Waals surface area contributed by atoms with Crippen LogP contribution in [0.4, 0.5) is 0 Å². The normalized spacial score (nSPS) is 24.7. The molecule has 1 aromatic rings. The first kappa shape index (κ1) is 11.8. The van der Waals surface area contributed by atoms with E-state index in [1.807, 2.05) is 0 Å². The van der Waals surface area contributed by atoms with Crippen LogP contribution in [0.1, 0.15) is 56.4 Å². The zero-order chi connectivity index (χ0) is 12.4. The molecule has 0 aliphatic heterocycles. The molecule has 0 N–H and O–H groups in total. The van der Waals surface area contributed by atoms with Gasteiger partial charge >= 0.3 is 0 Å². The number of carbonyl (C=O) groups excluding carboxylic acids is 1. The highest BCUT2D eigenvalue weighted by atomic mass is 16.5. The number of ether oxygens (including phenoxy) is 1. The first-order chi connectivity index (χ1) is 8.81. The molecule has 2 aliphatic carbocycles. The molecule has 18 heavy (non-hydrogen) atoms. The number of hydrogen-bond donors (Lipinski definition) is 0. The number of ketones is 1. The van der Waals surface area contributed by atoms with Crippen molar-refractivity contribution >= 4 is 5.78 Å². The van der Waals surface area contributed by atoms with Crippen LogP contribution in [0.25, 0.3) is 0 Å². The summed E-state index contributed by atoms with van der Waals surface area (Å²) in [5, 5.41) is 0. The lowest BCUT2D eigenvalue weighted by Crippen LogP contribution is -2.04. The van der Waals surface area contributed by atoms with E-state index in [2.05, 4.69) is 24.3 Å². The second-order valence-electron chi connectivity index (χ2n) is 5.57. The molecule has 2 fully saturated rings. The van der Waals surface area contributed by atoms with E-state index in [1.165, 1.54) is 24.8 Å². The molecular formula is C16H20O2. The summed E-state index contributed by atoms with van der Waals surface area (Å²) in [5.74, 6) is 1.83. The first-order valence-corrected chi connectivity index (χ1v) is 7.09. The molecule has 1 atom stereocenters. The van der Waals surface area contributed by atoms with Gasteiger partial charge in [-0.15, -0.1) is 0 Å². The van der Waals surface area contributed by atoms with Crippen molar-refractivity contribution in [1.29, 1.82) is 0 Å². The standard InChI is InChI=1S/C16H20O2/c17-14-4-2-1-3-13(11-14)12-5-7-15(8-6-12)18-16-9-10-16/h5-8,13,16H,1-4,9-11H2. The van der Waals surface area contributed by atoms with E-state index in [1.54, 1.807) is 0 Å². The van der Waals surface area contributed by atoms with Gasteiger partial charge < -0.3 is 4.74 Å². The number of rotatable bonds is 3. The lowest BCUT2D eigenvalue weighted by atomic mass is 9.91. The molecule has 0 bridgehead atoms. The van der Waals surface area contributed by atoms with Crippen LogP contribution in [0, 0.1) is 0 Å². The van der Waals surface area contributed by atoms with Crippen LogP contribution in [-0.2, 0) is 4.79 Å². The maximum absolute atomic E-state index is 11.7. The van der Waals surface area contributed by atoms with Gasteiger partial charge in [0.1, 0.15) is 11.5 Å². The van der Waals surface area contributed by atoms with Crippen molar-refractivity contribution in [3.05, 3.63) is 29.8 Å². The zero-order valence-corrected chi connectivity index (χ0v) is 10.7. The number of hydrogen-bond acceptors (Lipinski definition) is 2. The second kappa shape index (κ2) is 5.13. The van der Waals surface area contributed by atoms with Crippen molar-refractivity contribution in [3.8, 4) is 5.75 Å². The Labute approximate surface area is 108 Å². The van der Waals surface area contributed by atoms with E-state index >= 15 is 0 Å². The quantitative estimate of drug-likeness (QED) is 0.755. The minimum Gasteiger partial charge on any atom is -0.490 e. The van der Waals surface area contributed by atoms with Crippen molar-refractivity contribution in [2.75, 3.05) is 0 Å². The summed E-state index contributed by atoms with van der Waals surface area (Å²) in [6.07, 6.45) is 7.74. The smallest absolute Gasteiger partial charge is 0.133 e. The molecule has 96 valence electrons. The van der Waals surface area contributed by atoms with E-state index < -0.39 is 0 Å². The number of benzene rings is 1. The Balaban J connectivity index is 1.68. The molecule has 1 unspecified atom stereocenters. The van der Waals surface area contributed by atoms with Crippen LogP contribution in [0.3, 0.4) is 0 Å². The Kier molecular flexibility index (Phi) is 3.35. The topological polar surface area (TPSA) is 26.3 Å². The van der Waals surface area contributed by atoms with Crippen molar-refractivity contribution in [2.45, 2.75) is 57.0 Å². The second-order valence-corrected chi connectivity index (χ2v) is 5.57. The van der Waals surface area contributed by atoms with Crippen LogP contribution < -0.4 is 4.74 Å². The van der Waals surface area contributed by atoms with Gasteiger partial charge in [0.15, 0.2) is 0 Å². The maximum atomic E-state index is 11.7. The van der Waals surface area contributed by atoms with E-state index in [-0.39, 0.29) is 0 Å². The third kappa shape index (κ3) is 2.92. The largest absolute Gasteiger partial charge is 0.490 e. The molecule has 2 heteroatoms. The Hall–Kier alpha value is -1.31. The highest BCUT2D eigenvalue weighted by Crippen LogP contribution is 2.32. The minimum atomic E-state index is 0.426. The van der Waals surface area contributed by atoms with Crippen LogP contribution in [-0.4, -0.2) is 11.9 Å². The van der Waals surface area contributed by atoms with Gasteiger partial charge in [0.05, 0.1) is 6.10 Å². The van der Waals surface area contributed by atoms with E-state index in [4.69, 9.17) is 4.74 Å². The highest BCUT2D eigenvalue weighted by Gasteiger charge is 2.24. The van der Waals surface area contributed by atoms with Crippen molar-refractivity contribution in [1.82, 2.24) is 0 Å². The summed E-state index contributed by atoms with van der Waals surface area (Å²) < 4.78 is 5.75. The molecule has 0 radical (unpaired) electrons. The Morgan fingerprint density at radius 1 is 1.00 bits per heavy atom. The maximum Gasteiger partial charge on any atom is 0.133 e. The lowest BCUT2D eigenvalue weighted by molar-refractivity contribution is -0.119. The van der Waals surface area contributed by atoms with Crippen molar-refractivity contribution in [2.24, 2.45) is 0 Å². The van der Waals surface area contributed by atoms with Gasteiger partial charge in [-0.3, -0.25) is 4.79 Å². The molecule has 0 saturated heterocycles. The van der Waals surface area contributed by atoms with E-state index in [9.17, 15) is 4.79 Å². The van der Waals surface area contributed by atoms with Crippen LogP contribution in [0.5, 0.6) is 5.75 Å². The van der Waals surface area contributed by atoms with Crippen LogP contribution in [0.2, 0.25) is 0 Å². The van der Waals surface area contributed by atoms with Gasteiger partial charge in [0.25, 0.3) is 0 Å². The fourth-order valence-corrected chi connectivity index (χ4v) is 2.67. The first-order valence-electron chi connectivity index (χ1n) is 7.09. The summed E-state index contributed by atoms with van der Waals surface area (Å²) in [7, 11) is 0. The molecule has 0 aromatic heterocycles. The molecular weight excluding hydrogens is 224 g/mol. The summed E-state index contributed by atoms with van der Waals surface area (Å²) >= 11 is 0. The van der Waals surface area contributed by atoms with Gasteiger partial charge in [-0.2, -0.15) is 0 Å². The predicted octanol–water partition coefficient (Wildman–Crippen LogP) is 3.84. The summed E-state index contributed by atoms with van der Waals surface area (Å²) in [4.78, 5) is 11.7. The average Bonchev–Trinajstić information content (AvgIpc) is 3.18. The zero-order valence-electron chi connectivity index (χ0n) is 10.7. The Bertz CT molecular complexity index is 417. The Morgan fingerprint density at radius 3 is 2.50 bits per heavy atom. The molecule has 3 rings (SSSR count). The molecule has 2 saturated carbocycles. The lowest BCUT2D eigenvalue weighted by Gasteiger charge is -2.14. The van der Waals surface area contributed by atoms with Crippen LogP contribution in [0.15, 0.2) is 24.3 Å². The highest BCUT2D eigenvalue weighted by molar-refractivity contribution is 5.79. The third-order valence-electron chi connectivity index (χ3n) is 3.91. The van der Waals surface area contributed by atoms with Gasteiger partial charge in [0.2, 0.25) is 0 Å². The van der Waals surface area contributed by atoms with Gasteiger partial charge in [0, 0.05) is 12.8 Å². The fourth-order valence-electron chi connectivity index (χ4n) is 2.67. The average molecular weight is 244 g/mol. The number of carbonyl (C=O) groups is 1.